The lowest BCUT2D eigenvalue weighted by Gasteiger charge is -2.21. The Labute approximate surface area is 93.6 Å². The predicted molar refractivity (Wildman–Crippen MR) is 57.1 cm³/mol. The second-order valence-corrected chi connectivity index (χ2v) is 4.15. The van der Waals surface area contributed by atoms with Crippen molar-refractivity contribution in [3.8, 4) is 5.75 Å². The third-order valence-corrected chi connectivity index (χ3v) is 2.49. The summed E-state index contributed by atoms with van der Waals surface area (Å²) in [5.41, 5.74) is 1.89. The number of benzene rings is 1. The number of aliphatic hydroxyl groups excluding tert-OH is 1. The van der Waals surface area contributed by atoms with Crippen molar-refractivity contribution in [2.45, 2.75) is 26.1 Å². The average Bonchev–Trinajstić information content (AvgIpc) is 2.16. The Hall–Kier alpha value is -0.770. The minimum atomic E-state index is -0.404. The summed E-state index contributed by atoms with van der Waals surface area (Å²) in [6, 6.07) is 3.67. The van der Waals surface area contributed by atoms with Gasteiger partial charge in [-0.1, -0.05) is 11.6 Å². The van der Waals surface area contributed by atoms with Crippen molar-refractivity contribution in [1.82, 2.24) is 0 Å². The molecule has 1 atom stereocenters. The van der Waals surface area contributed by atoms with Crippen LogP contribution in [0.4, 0.5) is 0 Å². The predicted octanol–water partition coefficient (Wildman–Crippen LogP) is 2.13. The molecule has 1 aliphatic heterocycles. The zero-order valence-electron chi connectivity index (χ0n) is 8.50. The zero-order chi connectivity index (χ0) is 10.8. The first-order chi connectivity index (χ1) is 7.16. The lowest BCUT2D eigenvalue weighted by Crippen LogP contribution is -2.15. The first-order valence-corrected chi connectivity index (χ1v) is 5.24. The molecule has 0 aromatic heterocycles. The molecule has 0 fully saturated rings. The van der Waals surface area contributed by atoms with Crippen LogP contribution in [0, 0.1) is 0 Å². The monoisotopic (exact) mass is 228 g/mol. The fourth-order valence-electron chi connectivity index (χ4n) is 1.73. The second kappa shape index (κ2) is 4.39. The number of hydrogen-bond donors (Lipinski definition) is 1. The molecular formula is C11H13ClO3. The molecule has 0 spiro atoms. The van der Waals surface area contributed by atoms with E-state index in [1.54, 1.807) is 6.92 Å². The molecule has 0 saturated carbocycles. The smallest absolute Gasteiger partial charge is 0.189 e. The fourth-order valence-corrected chi connectivity index (χ4v) is 1.99. The SMILES string of the molecule is CC(O)Cc1cc(Cl)cc2c1OCOC2. The topological polar surface area (TPSA) is 38.7 Å². The van der Waals surface area contributed by atoms with Gasteiger partial charge in [0.2, 0.25) is 0 Å². The summed E-state index contributed by atoms with van der Waals surface area (Å²) in [6.07, 6.45) is 0.141. The van der Waals surface area contributed by atoms with E-state index in [1.807, 2.05) is 12.1 Å². The Morgan fingerprint density at radius 3 is 3.07 bits per heavy atom. The van der Waals surface area contributed by atoms with Crippen LogP contribution in [0.15, 0.2) is 12.1 Å². The molecule has 1 unspecified atom stereocenters. The number of ether oxygens (including phenoxy) is 2. The van der Waals surface area contributed by atoms with Gasteiger partial charge in [0.25, 0.3) is 0 Å². The van der Waals surface area contributed by atoms with Crippen LogP contribution < -0.4 is 4.74 Å². The van der Waals surface area contributed by atoms with Crippen molar-refractivity contribution in [3.05, 3.63) is 28.3 Å². The van der Waals surface area contributed by atoms with Gasteiger partial charge in [-0.3, -0.25) is 0 Å². The largest absolute Gasteiger partial charge is 0.467 e. The van der Waals surface area contributed by atoms with Crippen LogP contribution >= 0.6 is 11.6 Å². The summed E-state index contributed by atoms with van der Waals surface area (Å²) >= 11 is 5.97. The lowest BCUT2D eigenvalue weighted by molar-refractivity contribution is -0.0173. The van der Waals surface area contributed by atoms with E-state index in [4.69, 9.17) is 21.1 Å². The first kappa shape index (κ1) is 10.7. The molecule has 3 nitrogen and oxygen atoms in total. The maximum Gasteiger partial charge on any atom is 0.189 e. The van der Waals surface area contributed by atoms with E-state index in [-0.39, 0.29) is 6.79 Å². The van der Waals surface area contributed by atoms with Crippen LogP contribution in [-0.4, -0.2) is 18.0 Å². The molecule has 4 heteroatoms. The molecule has 1 aromatic carbocycles. The van der Waals surface area contributed by atoms with Gasteiger partial charge in [-0.15, -0.1) is 0 Å². The van der Waals surface area contributed by atoms with E-state index in [2.05, 4.69) is 0 Å². The molecule has 1 heterocycles. The highest BCUT2D eigenvalue weighted by molar-refractivity contribution is 6.30. The summed E-state index contributed by atoms with van der Waals surface area (Å²) in [6.45, 7) is 2.52. The van der Waals surface area contributed by atoms with Crippen LogP contribution in [0.3, 0.4) is 0 Å². The van der Waals surface area contributed by atoms with Crippen LogP contribution in [0.5, 0.6) is 5.75 Å². The highest BCUT2D eigenvalue weighted by Gasteiger charge is 2.17. The van der Waals surface area contributed by atoms with Crippen LogP contribution in [-0.2, 0) is 17.8 Å². The molecule has 1 aromatic rings. The van der Waals surface area contributed by atoms with Gasteiger partial charge in [0.1, 0.15) is 5.75 Å². The molecule has 0 radical (unpaired) electrons. The van der Waals surface area contributed by atoms with Gasteiger partial charge in [-0.2, -0.15) is 0 Å². The van der Waals surface area contributed by atoms with Gasteiger partial charge in [0, 0.05) is 17.0 Å². The van der Waals surface area contributed by atoms with E-state index < -0.39 is 6.10 Å². The standard InChI is InChI=1S/C11H13ClO3/c1-7(13)2-8-3-10(12)4-9-5-14-6-15-11(8)9/h3-4,7,13H,2,5-6H2,1H3. The van der Waals surface area contributed by atoms with Gasteiger partial charge in [-0.05, 0) is 24.6 Å². The third kappa shape index (κ3) is 2.43. The van der Waals surface area contributed by atoms with E-state index in [1.165, 1.54) is 0 Å². The quantitative estimate of drug-likeness (QED) is 0.843. The fraction of sp³-hybridized carbons (Fsp3) is 0.455. The Balaban J connectivity index is 2.38. The molecule has 0 bridgehead atoms. The number of halogens is 1. The zero-order valence-corrected chi connectivity index (χ0v) is 9.25. The number of hydrogen-bond acceptors (Lipinski definition) is 3. The van der Waals surface area contributed by atoms with E-state index in [9.17, 15) is 5.11 Å². The van der Waals surface area contributed by atoms with Crippen molar-refractivity contribution in [3.63, 3.8) is 0 Å². The molecule has 2 rings (SSSR count). The van der Waals surface area contributed by atoms with Crippen molar-refractivity contribution in [2.75, 3.05) is 6.79 Å². The Morgan fingerprint density at radius 2 is 2.33 bits per heavy atom. The van der Waals surface area contributed by atoms with Gasteiger partial charge in [-0.25, -0.2) is 0 Å². The summed E-state index contributed by atoms with van der Waals surface area (Å²) < 4.78 is 10.6. The minimum Gasteiger partial charge on any atom is -0.467 e. The molecule has 0 saturated heterocycles. The molecule has 1 N–H and O–H groups in total. The molecule has 15 heavy (non-hydrogen) atoms. The highest BCUT2D eigenvalue weighted by Crippen LogP contribution is 2.32. The summed E-state index contributed by atoms with van der Waals surface area (Å²) in [5.74, 6) is 0.812. The van der Waals surface area contributed by atoms with Crippen molar-refractivity contribution < 1.29 is 14.6 Å². The number of aliphatic hydroxyl groups is 1. The van der Waals surface area contributed by atoms with Crippen LogP contribution in [0.1, 0.15) is 18.1 Å². The van der Waals surface area contributed by atoms with Crippen LogP contribution in [0.25, 0.3) is 0 Å². The van der Waals surface area contributed by atoms with E-state index in [0.717, 1.165) is 16.9 Å². The van der Waals surface area contributed by atoms with E-state index in [0.29, 0.717) is 18.1 Å². The third-order valence-electron chi connectivity index (χ3n) is 2.27. The Morgan fingerprint density at radius 1 is 1.53 bits per heavy atom. The maximum atomic E-state index is 9.37. The summed E-state index contributed by atoms with van der Waals surface area (Å²) in [7, 11) is 0. The minimum absolute atomic E-state index is 0.265. The molecule has 82 valence electrons. The molecule has 0 amide bonds. The van der Waals surface area contributed by atoms with Crippen molar-refractivity contribution >= 4 is 11.6 Å². The average molecular weight is 229 g/mol. The Bertz CT molecular complexity index is 363. The highest BCUT2D eigenvalue weighted by atomic mass is 35.5. The molecule has 0 aliphatic carbocycles. The van der Waals surface area contributed by atoms with Gasteiger partial charge < -0.3 is 14.6 Å². The molecular weight excluding hydrogens is 216 g/mol. The maximum absolute atomic E-state index is 9.37. The number of fused-ring (bicyclic) bond motifs is 1. The normalized spacial score (nSPS) is 16.7. The lowest BCUT2D eigenvalue weighted by atomic mass is 10.0. The van der Waals surface area contributed by atoms with Gasteiger partial charge in [0.15, 0.2) is 6.79 Å². The summed E-state index contributed by atoms with van der Waals surface area (Å²) in [4.78, 5) is 0. The molecule has 1 aliphatic rings. The van der Waals surface area contributed by atoms with E-state index >= 15 is 0 Å². The first-order valence-electron chi connectivity index (χ1n) is 4.86. The van der Waals surface area contributed by atoms with Crippen LogP contribution in [0.2, 0.25) is 5.02 Å². The second-order valence-electron chi connectivity index (χ2n) is 3.72. The van der Waals surface area contributed by atoms with Gasteiger partial charge in [0.05, 0.1) is 12.7 Å². The van der Waals surface area contributed by atoms with Crippen molar-refractivity contribution in [1.29, 1.82) is 0 Å². The van der Waals surface area contributed by atoms with Crippen molar-refractivity contribution in [2.24, 2.45) is 0 Å². The van der Waals surface area contributed by atoms with Gasteiger partial charge >= 0.3 is 0 Å². The number of rotatable bonds is 2. The Kier molecular flexibility index (Phi) is 3.14. The summed E-state index contributed by atoms with van der Waals surface area (Å²) in [5, 5.41) is 10.0.